The number of hydrogen-bond acceptors (Lipinski definition) is 5. The normalized spacial score (nSPS) is 13.1. The van der Waals surface area contributed by atoms with Crippen molar-refractivity contribution in [1.29, 1.82) is 5.26 Å². The number of hydrogen-bond donors (Lipinski definition) is 1. The average molecular weight is 456 g/mol. The van der Waals surface area contributed by atoms with E-state index in [4.69, 9.17) is 0 Å². The summed E-state index contributed by atoms with van der Waals surface area (Å²) in [4.78, 5) is 17.4. The monoisotopic (exact) mass is 455 g/mol. The molecule has 0 bridgehead atoms. The highest BCUT2D eigenvalue weighted by atomic mass is 35.5. The van der Waals surface area contributed by atoms with Gasteiger partial charge in [-0.1, -0.05) is 30.3 Å². The molecule has 1 aliphatic heterocycles. The van der Waals surface area contributed by atoms with Gasteiger partial charge >= 0.3 is 0 Å². The molecule has 0 unspecified atom stereocenters. The fourth-order valence-corrected chi connectivity index (χ4v) is 5.20. The van der Waals surface area contributed by atoms with E-state index in [1.54, 1.807) is 11.8 Å². The van der Waals surface area contributed by atoms with Gasteiger partial charge in [0.25, 0.3) is 5.91 Å². The summed E-state index contributed by atoms with van der Waals surface area (Å²) in [5, 5.41) is 13.3. The molecule has 4 nitrogen and oxygen atoms in total. The maximum atomic E-state index is 12.7. The van der Waals surface area contributed by atoms with E-state index in [1.165, 1.54) is 21.8 Å². The van der Waals surface area contributed by atoms with Crippen molar-refractivity contribution in [3.63, 3.8) is 0 Å². The van der Waals surface area contributed by atoms with E-state index in [1.807, 2.05) is 36.6 Å². The maximum absolute atomic E-state index is 12.7. The predicted octanol–water partition coefficient (Wildman–Crippen LogP) is 5.57. The van der Waals surface area contributed by atoms with Crippen LogP contribution >= 0.6 is 35.5 Å². The Bertz CT molecular complexity index is 1060. The molecule has 1 amide bonds. The van der Waals surface area contributed by atoms with Crippen LogP contribution in [0.15, 0.2) is 59.5 Å². The molecule has 2 aromatic carbocycles. The van der Waals surface area contributed by atoms with E-state index in [2.05, 4.69) is 40.6 Å². The molecular weight excluding hydrogens is 434 g/mol. The van der Waals surface area contributed by atoms with Gasteiger partial charge in [0.1, 0.15) is 11.1 Å². The highest BCUT2D eigenvalue weighted by Crippen LogP contribution is 2.37. The summed E-state index contributed by atoms with van der Waals surface area (Å²) in [6.07, 6.45) is 2.84. The summed E-state index contributed by atoms with van der Waals surface area (Å²) in [7, 11) is 0. The molecule has 1 aromatic heterocycles. The average Bonchev–Trinajstić information content (AvgIpc) is 3.10. The number of halogens is 1. The van der Waals surface area contributed by atoms with Gasteiger partial charge in [-0.05, 0) is 48.1 Å². The first-order valence-electron chi connectivity index (χ1n) is 9.44. The molecule has 0 spiro atoms. The highest BCUT2D eigenvalue weighted by Gasteiger charge is 2.25. The summed E-state index contributed by atoms with van der Waals surface area (Å²) >= 11 is 3.17. The zero-order valence-electron chi connectivity index (χ0n) is 16.6. The minimum absolute atomic E-state index is 0. The number of thiophene rings is 1. The Morgan fingerprint density at radius 2 is 1.93 bits per heavy atom. The van der Waals surface area contributed by atoms with Crippen LogP contribution in [-0.2, 0) is 19.5 Å². The summed E-state index contributed by atoms with van der Waals surface area (Å²) in [6.45, 7) is 2.61. The van der Waals surface area contributed by atoms with Crippen LogP contribution in [0.25, 0.3) is 0 Å². The van der Waals surface area contributed by atoms with Crippen LogP contribution in [0, 0.1) is 11.3 Å². The van der Waals surface area contributed by atoms with Crippen LogP contribution in [0.2, 0.25) is 0 Å². The minimum atomic E-state index is -0.172. The van der Waals surface area contributed by atoms with Gasteiger partial charge in [-0.15, -0.1) is 35.5 Å². The molecule has 1 N–H and O–H groups in total. The zero-order chi connectivity index (χ0) is 20.2. The Balaban J connectivity index is 0.00000256. The Kier molecular flexibility index (Phi) is 7.57. The molecule has 0 radical (unpaired) electrons. The minimum Gasteiger partial charge on any atom is -0.312 e. The van der Waals surface area contributed by atoms with Gasteiger partial charge in [-0.25, -0.2) is 0 Å². The molecule has 154 valence electrons. The number of carbonyl (C=O) groups is 1. The smallest absolute Gasteiger partial charge is 0.256 e. The number of nitrogens with one attached hydrogen (secondary N) is 1. The lowest BCUT2D eigenvalue weighted by Crippen LogP contribution is -2.29. The lowest BCUT2D eigenvalue weighted by atomic mass is 10.0. The molecule has 4 rings (SSSR count). The molecule has 3 aromatic rings. The van der Waals surface area contributed by atoms with Crippen molar-refractivity contribution in [2.24, 2.45) is 0 Å². The molecule has 0 saturated heterocycles. The van der Waals surface area contributed by atoms with Crippen molar-refractivity contribution in [3.05, 3.63) is 81.7 Å². The van der Waals surface area contributed by atoms with Gasteiger partial charge in [0.2, 0.25) is 0 Å². The Labute approximate surface area is 191 Å². The van der Waals surface area contributed by atoms with E-state index in [9.17, 15) is 10.1 Å². The van der Waals surface area contributed by atoms with Crippen molar-refractivity contribution >= 4 is 46.4 Å². The van der Waals surface area contributed by atoms with Gasteiger partial charge in [-0.2, -0.15) is 5.26 Å². The summed E-state index contributed by atoms with van der Waals surface area (Å²) in [5.41, 5.74) is 3.60. The molecule has 1 aliphatic rings. The molecule has 0 atom stereocenters. The SMILES string of the molecule is CSc1ccc(C(=O)Nc2sc3c(c2C#N)CCN(Cc2ccccc2)C3)cc1.Cl. The van der Waals surface area contributed by atoms with Crippen molar-refractivity contribution in [3.8, 4) is 6.07 Å². The fourth-order valence-electron chi connectivity index (χ4n) is 3.56. The van der Waals surface area contributed by atoms with Gasteiger partial charge in [0.05, 0.1) is 5.56 Å². The number of nitrogens with zero attached hydrogens (tertiary/aromatic N) is 2. The maximum Gasteiger partial charge on any atom is 0.256 e. The molecule has 0 saturated carbocycles. The number of carbonyl (C=O) groups excluding carboxylic acids is 1. The second-order valence-corrected chi connectivity index (χ2v) is 8.93. The standard InChI is InChI=1S/C23H21N3OS2.ClH/c1-28-18-9-7-17(8-10-18)22(27)25-23-20(13-24)19-11-12-26(15-21(19)29-23)14-16-5-3-2-4-6-16;/h2-10H,11-12,14-15H2,1H3,(H,25,27);1H. The Morgan fingerprint density at radius 1 is 1.20 bits per heavy atom. The topological polar surface area (TPSA) is 56.1 Å². The summed E-state index contributed by atoms with van der Waals surface area (Å²) in [5.74, 6) is -0.172. The molecule has 0 fully saturated rings. The predicted molar refractivity (Wildman–Crippen MR) is 127 cm³/mol. The Morgan fingerprint density at radius 3 is 2.60 bits per heavy atom. The van der Waals surface area contributed by atoms with E-state index in [0.717, 1.165) is 36.5 Å². The number of rotatable bonds is 5. The van der Waals surface area contributed by atoms with Crippen molar-refractivity contribution in [1.82, 2.24) is 4.90 Å². The largest absolute Gasteiger partial charge is 0.312 e. The van der Waals surface area contributed by atoms with E-state index < -0.39 is 0 Å². The molecule has 7 heteroatoms. The van der Waals surface area contributed by atoms with Crippen LogP contribution in [0.5, 0.6) is 0 Å². The number of anilines is 1. The number of nitriles is 1. The molecule has 30 heavy (non-hydrogen) atoms. The van der Waals surface area contributed by atoms with Crippen LogP contribution in [-0.4, -0.2) is 23.6 Å². The highest BCUT2D eigenvalue weighted by molar-refractivity contribution is 7.98. The molecular formula is C23H22ClN3OS2. The van der Waals surface area contributed by atoms with Crippen LogP contribution in [0.3, 0.4) is 0 Å². The lowest BCUT2D eigenvalue weighted by molar-refractivity contribution is 0.102. The van der Waals surface area contributed by atoms with Gasteiger partial charge in [0, 0.05) is 35.0 Å². The van der Waals surface area contributed by atoms with Crippen LogP contribution in [0.1, 0.15) is 31.9 Å². The lowest BCUT2D eigenvalue weighted by Gasteiger charge is -2.26. The number of amides is 1. The van der Waals surface area contributed by atoms with Crippen molar-refractivity contribution < 1.29 is 4.79 Å². The first-order chi connectivity index (χ1) is 14.2. The van der Waals surface area contributed by atoms with E-state index in [-0.39, 0.29) is 18.3 Å². The third kappa shape index (κ3) is 4.88. The van der Waals surface area contributed by atoms with E-state index >= 15 is 0 Å². The van der Waals surface area contributed by atoms with Crippen LogP contribution < -0.4 is 5.32 Å². The number of fused-ring (bicyclic) bond motifs is 1. The first kappa shape index (κ1) is 22.4. The van der Waals surface area contributed by atoms with Crippen molar-refractivity contribution in [2.45, 2.75) is 24.4 Å². The zero-order valence-corrected chi connectivity index (χ0v) is 19.0. The van der Waals surface area contributed by atoms with Crippen LogP contribution in [0.4, 0.5) is 5.00 Å². The first-order valence-corrected chi connectivity index (χ1v) is 11.5. The summed E-state index contributed by atoms with van der Waals surface area (Å²) < 4.78 is 0. The molecule has 2 heterocycles. The third-order valence-corrected chi connectivity index (χ3v) is 6.95. The number of benzene rings is 2. The fraction of sp³-hybridized carbons (Fsp3) is 0.217. The van der Waals surface area contributed by atoms with Crippen molar-refractivity contribution in [2.75, 3.05) is 18.1 Å². The van der Waals surface area contributed by atoms with Gasteiger partial charge in [0.15, 0.2) is 0 Å². The molecule has 0 aliphatic carbocycles. The third-order valence-electron chi connectivity index (χ3n) is 5.08. The number of thioether (sulfide) groups is 1. The summed E-state index contributed by atoms with van der Waals surface area (Å²) in [6, 6.07) is 20.3. The van der Waals surface area contributed by atoms with E-state index in [0.29, 0.717) is 16.1 Å². The quantitative estimate of drug-likeness (QED) is 0.510. The second-order valence-electron chi connectivity index (χ2n) is 6.95. The second kappa shape index (κ2) is 10.1. The van der Waals surface area contributed by atoms with Gasteiger partial charge in [-0.3, -0.25) is 9.69 Å². The Hall–Kier alpha value is -2.30. The van der Waals surface area contributed by atoms with Gasteiger partial charge < -0.3 is 5.32 Å².